The van der Waals surface area contributed by atoms with E-state index < -0.39 is 29.7 Å². The summed E-state index contributed by atoms with van der Waals surface area (Å²) in [4.78, 5) is 47.8. The van der Waals surface area contributed by atoms with E-state index in [2.05, 4.69) is 5.32 Å². The summed E-state index contributed by atoms with van der Waals surface area (Å²) < 4.78 is 5.05. The zero-order chi connectivity index (χ0) is 21.5. The van der Waals surface area contributed by atoms with Crippen molar-refractivity contribution in [2.24, 2.45) is 11.8 Å². The van der Waals surface area contributed by atoms with E-state index in [0.717, 1.165) is 0 Å². The van der Waals surface area contributed by atoms with Crippen molar-refractivity contribution < 1.29 is 29.0 Å². The molecule has 1 amide bonds. The van der Waals surface area contributed by atoms with Gasteiger partial charge >= 0.3 is 5.97 Å². The molecule has 0 heterocycles. The van der Waals surface area contributed by atoms with Gasteiger partial charge in [-0.1, -0.05) is 42.5 Å². The van der Waals surface area contributed by atoms with Crippen molar-refractivity contribution in [2.75, 3.05) is 11.9 Å². The normalized spacial score (nSPS) is 17.7. The predicted molar refractivity (Wildman–Crippen MR) is 106 cm³/mol. The van der Waals surface area contributed by atoms with Gasteiger partial charge in [-0.25, -0.2) is 4.79 Å². The number of carbonyl (C=O) groups excluding carboxylic acids is 4. The molecule has 0 bridgehead atoms. The topological polar surface area (TPSA) is 113 Å². The number of Topliss-reactive ketones (excluding diaryl/α,β-unsaturated/α-hetero) is 1. The lowest BCUT2D eigenvalue weighted by Crippen LogP contribution is -2.41. The summed E-state index contributed by atoms with van der Waals surface area (Å²) in [6.07, 6.45) is 4.09. The molecule has 0 fully saturated rings. The number of ether oxygens (including phenoxy) is 1. The van der Waals surface area contributed by atoms with Gasteiger partial charge in [0, 0.05) is 23.1 Å². The zero-order valence-electron chi connectivity index (χ0n) is 16.1. The van der Waals surface area contributed by atoms with Crippen LogP contribution in [0.25, 0.3) is 0 Å². The number of carboxylic acids is 1. The highest BCUT2D eigenvalue weighted by molar-refractivity contribution is 5.99. The van der Waals surface area contributed by atoms with Crippen molar-refractivity contribution in [2.45, 2.75) is 12.8 Å². The molecule has 2 atom stereocenters. The third-order valence-electron chi connectivity index (χ3n) is 4.89. The largest absolute Gasteiger partial charge is 0.550 e. The number of esters is 1. The molecule has 0 spiro atoms. The number of allylic oxidation sites excluding steroid dienone is 2. The van der Waals surface area contributed by atoms with E-state index in [4.69, 9.17) is 4.74 Å². The minimum absolute atomic E-state index is 0.224. The van der Waals surface area contributed by atoms with Gasteiger partial charge in [0.25, 0.3) is 0 Å². The van der Waals surface area contributed by atoms with Gasteiger partial charge in [-0.3, -0.25) is 9.59 Å². The number of hydrogen-bond donors (Lipinski definition) is 1. The number of anilines is 1. The Hall–Kier alpha value is -3.74. The summed E-state index contributed by atoms with van der Waals surface area (Å²) >= 11 is 0. The molecule has 0 saturated carbocycles. The first-order chi connectivity index (χ1) is 14.5. The Morgan fingerprint density at radius 3 is 2.13 bits per heavy atom. The summed E-state index contributed by atoms with van der Waals surface area (Å²) in [6, 6.07) is 14.5. The molecule has 1 aliphatic carbocycles. The number of ketones is 1. The maximum atomic E-state index is 12.4. The number of carboxylic acid groups (broad SMARTS) is 1. The highest BCUT2D eigenvalue weighted by Crippen LogP contribution is 2.26. The van der Waals surface area contributed by atoms with E-state index in [1.54, 1.807) is 42.5 Å². The van der Waals surface area contributed by atoms with E-state index in [9.17, 15) is 24.3 Å². The zero-order valence-corrected chi connectivity index (χ0v) is 16.1. The molecule has 0 radical (unpaired) electrons. The van der Waals surface area contributed by atoms with E-state index in [1.807, 2.05) is 0 Å². The van der Waals surface area contributed by atoms with E-state index in [0.29, 0.717) is 17.7 Å². The van der Waals surface area contributed by atoms with Gasteiger partial charge in [0.2, 0.25) is 5.91 Å². The maximum Gasteiger partial charge on any atom is 0.338 e. The van der Waals surface area contributed by atoms with Crippen LogP contribution in [-0.2, 0) is 14.3 Å². The number of amides is 1. The van der Waals surface area contributed by atoms with Crippen LogP contribution in [0, 0.1) is 11.8 Å². The van der Waals surface area contributed by atoms with Crippen LogP contribution in [0.3, 0.4) is 0 Å². The quantitative estimate of drug-likeness (QED) is 0.428. The molecule has 0 aromatic heterocycles. The van der Waals surface area contributed by atoms with Crippen LogP contribution in [0.4, 0.5) is 5.69 Å². The van der Waals surface area contributed by atoms with Crippen LogP contribution in [0.2, 0.25) is 0 Å². The first-order valence-corrected chi connectivity index (χ1v) is 9.48. The Morgan fingerprint density at radius 1 is 0.867 bits per heavy atom. The van der Waals surface area contributed by atoms with Crippen molar-refractivity contribution in [3.63, 3.8) is 0 Å². The van der Waals surface area contributed by atoms with Crippen LogP contribution in [0.15, 0.2) is 66.7 Å². The molecule has 2 aromatic rings. The molecule has 0 aliphatic heterocycles. The van der Waals surface area contributed by atoms with Crippen LogP contribution in [-0.4, -0.2) is 30.2 Å². The molecule has 154 valence electrons. The second kappa shape index (κ2) is 9.65. The average molecular weight is 406 g/mol. The average Bonchev–Trinajstić information content (AvgIpc) is 2.78. The van der Waals surface area contributed by atoms with Gasteiger partial charge in [0.1, 0.15) is 0 Å². The van der Waals surface area contributed by atoms with Crippen molar-refractivity contribution in [1.29, 1.82) is 0 Å². The summed E-state index contributed by atoms with van der Waals surface area (Å²) in [6.45, 7) is -0.374. The fourth-order valence-electron chi connectivity index (χ4n) is 3.21. The van der Waals surface area contributed by atoms with Crippen LogP contribution >= 0.6 is 0 Å². The fourth-order valence-corrected chi connectivity index (χ4v) is 3.21. The monoisotopic (exact) mass is 406 g/mol. The first kappa shape index (κ1) is 21.0. The Labute approximate surface area is 173 Å². The van der Waals surface area contributed by atoms with Crippen LogP contribution < -0.4 is 10.4 Å². The van der Waals surface area contributed by atoms with E-state index in [-0.39, 0.29) is 24.4 Å². The van der Waals surface area contributed by atoms with Gasteiger partial charge in [-0.2, -0.15) is 0 Å². The molecular formula is C23H20NO6-. The molecule has 3 rings (SSSR count). The Bertz CT molecular complexity index is 965. The lowest BCUT2D eigenvalue weighted by atomic mass is 9.82. The van der Waals surface area contributed by atoms with Crippen LogP contribution in [0.5, 0.6) is 0 Å². The van der Waals surface area contributed by atoms with Crippen molar-refractivity contribution in [3.05, 3.63) is 77.9 Å². The van der Waals surface area contributed by atoms with Gasteiger partial charge < -0.3 is 20.0 Å². The number of benzene rings is 2. The molecule has 0 saturated heterocycles. The lowest BCUT2D eigenvalue weighted by molar-refractivity contribution is -0.313. The highest BCUT2D eigenvalue weighted by Gasteiger charge is 2.29. The molecule has 1 N–H and O–H groups in total. The summed E-state index contributed by atoms with van der Waals surface area (Å²) in [5, 5.41) is 13.9. The molecule has 7 heteroatoms. The summed E-state index contributed by atoms with van der Waals surface area (Å²) in [7, 11) is 0. The van der Waals surface area contributed by atoms with E-state index >= 15 is 0 Å². The van der Waals surface area contributed by atoms with E-state index in [1.165, 1.54) is 24.3 Å². The summed E-state index contributed by atoms with van der Waals surface area (Å²) in [5.41, 5.74) is 1.10. The number of carbonyl (C=O) groups is 4. The number of rotatable bonds is 7. The van der Waals surface area contributed by atoms with Gasteiger partial charge in [-0.05, 0) is 37.1 Å². The van der Waals surface area contributed by atoms with Crippen molar-refractivity contribution in [1.82, 2.24) is 0 Å². The Morgan fingerprint density at radius 2 is 1.50 bits per heavy atom. The minimum Gasteiger partial charge on any atom is -0.550 e. The number of nitrogens with one attached hydrogen (secondary N) is 1. The third-order valence-corrected chi connectivity index (χ3v) is 4.89. The summed E-state index contributed by atoms with van der Waals surface area (Å²) in [5.74, 6) is -4.22. The molecule has 30 heavy (non-hydrogen) atoms. The van der Waals surface area contributed by atoms with Crippen molar-refractivity contribution in [3.8, 4) is 0 Å². The molecular weight excluding hydrogens is 386 g/mol. The third kappa shape index (κ3) is 5.20. The number of hydrogen-bond acceptors (Lipinski definition) is 6. The number of aliphatic carboxylic acids is 1. The van der Waals surface area contributed by atoms with Crippen molar-refractivity contribution >= 4 is 29.3 Å². The SMILES string of the molecule is O=C(COC(=O)c1ccc(NC(=O)[C@H]2CC=CC[C@@H]2C(=O)[O-])cc1)c1ccccc1. The molecule has 1 aliphatic rings. The standard InChI is InChI=1S/C23H21NO6/c25-20(15-6-2-1-3-7-15)14-30-23(29)16-10-12-17(13-11-16)24-21(26)18-8-4-5-9-19(18)22(27)28/h1-7,10-13,18-19H,8-9,14H2,(H,24,26)(H,27,28)/p-1/t18-,19-/m0/s1. The van der Waals surface area contributed by atoms with Crippen LogP contribution in [0.1, 0.15) is 33.6 Å². The Balaban J connectivity index is 1.56. The minimum atomic E-state index is -1.25. The second-order valence-corrected chi connectivity index (χ2v) is 6.91. The van der Waals surface area contributed by atoms with Gasteiger partial charge in [0.05, 0.1) is 11.5 Å². The second-order valence-electron chi connectivity index (χ2n) is 6.91. The first-order valence-electron chi connectivity index (χ1n) is 9.48. The maximum absolute atomic E-state index is 12.4. The highest BCUT2D eigenvalue weighted by atomic mass is 16.5. The molecule has 7 nitrogen and oxygen atoms in total. The smallest absolute Gasteiger partial charge is 0.338 e. The van der Waals surface area contributed by atoms with Gasteiger partial charge in [0.15, 0.2) is 12.4 Å². The Kier molecular flexibility index (Phi) is 6.75. The predicted octanol–water partition coefficient (Wildman–Crippen LogP) is 2.00. The lowest BCUT2D eigenvalue weighted by Gasteiger charge is -2.28. The fraction of sp³-hybridized carbons (Fsp3) is 0.217. The van der Waals surface area contributed by atoms with Gasteiger partial charge in [-0.15, -0.1) is 0 Å². The molecule has 2 aromatic carbocycles. The molecule has 0 unspecified atom stereocenters.